The first-order chi connectivity index (χ1) is 12.4. The van der Waals surface area contributed by atoms with E-state index in [1.54, 1.807) is 19.9 Å². The van der Waals surface area contributed by atoms with Gasteiger partial charge < -0.3 is 14.5 Å². The number of rotatable bonds is 5. The minimum Gasteiger partial charge on any atom is -0.466 e. The maximum Gasteiger partial charge on any atom is 0.342 e. The highest BCUT2D eigenvalue weighted by molar-refractivity contribution is 5.92. The molecular weight excluding hydrogens is 330 g/mol. The van der Waals surface area contributed by atoms with Crippen LogP contribution in [0.3, 0.4) is 0 Å². The van der Waals surface area contributed by atoms with Crippen LogP contribution in [-0.4, -0.2) is 18.5 Å². The number of hydrogen-bond acceptors (Lipinski definition) is 4. The third kappa shape index (κ3) is 4.15. The van der Waals surface area contributed by atoms with Gasteiger partial charge in [-0.05, 0) is 69.2 Å². The van der Waals surface area contributed by atoms with Crippen LogP contribution in [0.25, 0.3) is 0 Å². The van der Waals surface area contributed by atoms with Gasteiger partial charge in [0.05, 0.1) is 6.04 Å². The van der Waals surface area contributed by atoms with Gasteiger partial charge in [-0.1, -0.05) is 18.2 Å². The van der Waals surface area contributed by atoms with Crippen LogP contribution in [0, 0.1) is 13.8 Å². The van der Waals surface area contributed by atoms with Gasteiger partial charge in [0.15, 0.2) is 6.61 Å². The van der Waals surface area contributed by atoms with Gasteiger partial charge in [0.2, 0.25) is 0 Å². The number of amides is 1. The molecule has 3 rings (SSSR count). The van der Waals surface area contributed by atoms with E-state index >= 15 is 0 Å². The molecule has 2 aromatic rings. The number of fused-ring (bicyclic) bond motifs is 1. The molecule has 1 aromatic heterocycles. The Morgan fingerprint density at radius 1 is 1.15 bits per heavy atom. The van der Waals surface area contributed by atoms with Crippen LogP contribution < -0.4 is 5.32 Å². The van der Waals surface area contributed by atoms with Crippen molar-refractivity contribution < 1.29 is 18.7 Å². The van der Waals surface area contributed by atoms with E-state index in [0.717, 1.165) is 18.4 Å². The van der Waals surface area contributed by atoms with Crippen molar-refractivity contribution >= 4 is 11.9 Å². The first-order valence-corrected chi connectivity index (χ1v) is 9.09. The van der Waals surface area contributed by atoms with Gasteiger partial charge in [0, 0.05) is 0 Å². The molecule has 1 aromatic carbocycles. The predicted molar refractivity (Wildman–Crippen MR) is 98.1 cm³/mol. The fourth-order valence-electron chi connectivity index (χ4n) is 3.43. The summed E-state index contributed by atoms with van der Waals surface area (Å²) in [6, 6.07) is 7.90. The molecule has 0 saturated carbocycles. The molecule has 0 saturated heterocycles. The summed E-state index contributed by atoms with van der Waals surface area (Å²) in [7, 11) is 0. The van der Waals surface area contributed by atoms with E-state index in [0.29, 0.717) is 17.1 Å². The Bertz CT molecular complexity index is 821. The largest absolute Gasteiger partial charge is 0.466 e. The molecule has 5 heteroatoms. The van der Waals surface area contributed by atoms with Crippen molar-refractivity contribution in [2.24, 2.45) is 0 Å². The van der Waals surface area contributed by atoms with Crippen LogP contribution in [0.5, 0.6) is 0 Å². The van der Waals surface area contributed by atoms with Crippen molar-refractivity contribution in [3.8, 4) is 0 Å². The van der Waals surface area contributed by atoms with Gasteiger partial charge in [-0.2, -0.15) is 0 Å². The lowest BCUT2D eigenvalue weighted by Crippen LogP contribution is -2.31. The molecule has 138 valence electrons. The van der Waals surface area contributed by atoms with Crippen LogP contribution in [-0.2, 0) is 22.4 Å². The Morgan fingerprint density at radius 2 is 1.88 bits per heavy atom. The summed E-state index contributed by atoms with van der Waals surface area (Å²) in [5.74, 6) is 0.271. The third-order valence-corrected chi connectivity index (χ3v) is 4.85. The summed E-state index contributed by atoms with van der Waals surface area (Å²) < 4.78 is 10.4. The summed E-state index contributed by atoms with van der Waals surface area (Å²) in [6.07, 6.45) is 4.71. The molecule has 0 aliphatic heterocycles. The minimum atomic E-state index is -0.545. The first-order valence-electron chi connectivity index (χ1n) is 9.09. The maximum absolute atomic E-state index is 12.1. The Morgan fingerprint density at radius 3 is 2.58 bits per heavy atom. The number of furan rings is 1. The van der Waals surface area contributed by atoms with Crippen molar-refractivity contribution in [1.82, 2.24) is 5.32 Å². The fraction of sp³-hybridized carbons (Fsp3) is 0.429. The van der Waals surface area contributed by atoms with E-state index in [9.17, 15) is 9.59 Å². The van der Waals surface area contributed by atoms with Crippen LogP contribution in [0.2, 0.25) is 0 Å². The number of carbonyl (C=O) groups excluding carboxylic acids is 2. The predicted octanol–water partition coefficient (Wildman–Crippen LogP) is 3.81. The van der Waals surface area contributed by atoms with Gasteiger partial charge in [0.25, 0.3) is 5.91 Å². The average Bonchev–Trinajstić information content (AvgIpc) is 2.97. The topological polar surface area (TPSA) is 68.5 Å². The Hall–Kier alpha value is -2.56. The highest BCUT2D eigenvalue weighted by atomic mass is 16.5. The van der Waals surface area contributed by atoms with E-state index in [2.05, 4.69) is 23.5 Å². The van der Waals surface area contributed by atoms with Crippen LogP contribution >= 0.6 is 0 Å². The van der Waals surface area contributed by atoms with Gasteiger partial charge in [0.1, 0.15) is 17.1 Å². The van der Waals surface area contributed by atoms with Gasteiger partial charge in [-0.15, -0.1) is 0 Å². The summed E-state index contributed by atoms with van der Waals surface area (Å²) in [5, 5.41) is 2.89. The molecule has 1 atom stereocenters. The lowest BCUT2D eigenvalue weighted by atomic mass is 9.89. The van der Waals surface area contributed by atoms with Crippen LogP contribution in [0.1, 0.15) is 64.4 Å². The number of ether oxygens (including phenoxy) is 1. The second kappa shape index (κ2) is 7.77. The number of esters is 1. The number of aryl methyl sites for hydroxylation is 4. The zero-order valence-corrected chi connectivity index (χ0v) is 15.6. The lowest BCUT2D eigenvalue weighted by Gasteiger charge is -2.20. The smallest absolute Gasteiger partial charge is 0.342 e. The molecule has 1 heterocycles. The standard InChI is InChI=1S/C21H25NO4/c1-13-10-19(15(3)26-13)21(24)25-12-20(23)22-14(2)17-9-8-16-6-4-5-7-18(16)11-17/h8-11,14H,4-7,12H2,1-3H3,(H,22,23)/t14-/m0/s1. The molecule has 0 unspecified atom stereocenters. The van der Waals surface area contributed by atoms with E-state index in [-0.39, 0.29) is 18.6 Å². The highest BCUT2D eigenvalue weighted by Gasteiger charge is 2.18. The number of benzene rings is 1. The number of nitrogens with one attached hydrogen (secondary N) is 1. The maximum atomic E-state index is 12.1. The van der Waals surface area contributed by atoms with Crippen LogP contribution in [0.15, 0.2) is 28.7 Å². The second-order valence-corrected chi connectivity index (χ2v) is 6.93. The first kappa shape index (κ1) is 18.2. The molecule has 0 spiro atoms. The Kier molecular flexibility index (Phi) is 5.45. The van der Waals surface area contributed by atoms with Crippen molar-refractivity contribution in [2.75, 3.05) is 6.61 Å². The average molecular weight is 355 g/mol. The molecule has 0 radical (unpaired) electrons. The van der Waals surface area contributed by atoms with Crippen molar-refractivity contribution in [3.05, 3.63) is 58.0 Å². The quantitative estimate of drug-likeness (QED) is 0.828. The Balaban J connectivity index is 1.54. The summed E-state index contributed by atoms with van der Waals surface area (Å²) in [6.45, 7) is 5.09. The SMILES string of the molecule is Cc1cc(C(=O)OCC(=O)N[C@@H](C)c2ccc3c(c2)CCCC3)c(C)o1. The molecule has 0 fully saturated rings. The molecule has 26 heavy (non-hydrogen) atoms. The monoisotopic (exact) mass is 355 g/mol. The van der Waals surface area contributed by atoms with E-state index in [1.165, 1.54) is 24.0 Å². The van der Waals surface area contributed by atoms with E-state index in [4.69, 9.17) is 9.15 Å². The normalized spacial score (nSPS) is 14.4. The van der Waals surface area contributed by atoms with Gasteiger partial charge >= 0.3 is 5.97 Å². The molecule has 1 amide bonds. The van der Waals surface area contributed by atoms with Crippen molar-refractivity contribution in [2.45, 2.75) is 52.5 Å². The highest BCUT2D eigenvalue weighted by Crippen LogP contribution is 2.24. The van der Waals surface area contributed by atoms with Gasteiger partial charge in [-0.25, -0.2) is 4.79 Å². The second-order valence-electron chi connectivity index (χ2n) is 6.93. The van der Waals surface area contributed by atoms with Crippen molar-refractivity contribution in [1.29, 1.82) is 0 Å². The van der Waals surface area contributed by atoms with Crippen LogP contribution in [0.4, 0.5) is 0 Å². The summed E-state index contributed by atoms with van der Waals surface area (Å²) in [4.78, 5) is 24.2. The molecule has 1 aliphatic carbocycles. The molecule has 1 N–H and O–H groups in total. The number of carbonyl (C=O) groups is 2. The van der Waals surface area contributed by atoms with E-state index in [1.807, 2.05) is 6.92 Å². The molecule has 0 bridgehead atoms. The summed E-state index contributed by atoms with van der Waals surface area (Å²) in [5.41, 5.74) is 4.23. The Labute approximate surface area is 153 Å². The molecule has 5 nitrogen and oxygen atoms in total. The zero-order valence-electron chi connectivity index (χ0n) is 15.6. The molecular formula is C21H25NO4. The summed E-state index contributed by atoms with van der Waals surface area (Å²) >= 11 is 0. The van der Waals surface area contributed by atoms with E-state index < -0.39 is 5.97 Å². The fourth-order valence-corrected chi connectivity index (χ4v) is 3.43. The third-order valence-electron chi connectivity index (χ3n) is 4.85. The molecule has 1 aliphatic rings. The van der Waals surface area contributed by atoms with Crippen molar-refractivity contribution in [3.63, 3.8) is 0 Å². The number of hydrogen-bond donors (Lipinski definition) is 1. The van der Waals surface area contributed by atoms with Gasteiger partial charge in [-0.3, -0.25) is 4.79 Å². The lowest BCUT2D eigenvalue weighted by molar-refractivity contribution is -0.124. The minimum absolute atomic E-state index is 0.133. The zero-order chi connectivity index (χ0) is 18.7.